The van der Waals surface area contributed by atoms with Gasteiger partial charge in [-0.1, -0.05) is 24.3 Å². The summed E-state index contributed by atoms with van der Waals surface area (Å²) in [6, 6.07) is 12.4. The molecule has 0 aliphatic carbocycles. The number of amides is 1. The Morgan fingerprint density at radius 1 is 1.17 bits per heavy atom. The monoisotopic (exact) mass is 415 g/mol. The molecule has 2 aromatic rings. The fraction of sp³-hybridized carbons (Fsp3) is 0.458. The topological polar surface area (TPSA) is 56.8 Å². The molecule has 3 rings (SSSR count). The van der Waals surface area contributed by atoms with Crippen molar-refractivity contribution in [1.82, 2.24) is 5.32 Å². The van der Waals surface area contributed by atoms with Crippen molar-refractivity contribution in [1.29, 1.82) is 0 Å². The van der Waals surface area contributed by atoms with E-state index in [1.807, 2.05) is 24.3 Å². The van der Waals surface area contributed by atoms with Gasteiger partial charge in [0.1, 0.15) is 11.6 Å². The molecule has 0 radical (unpaired) electrons. The molecule has 0 bridgehead atoms. The first-order valence-corrected chi connectivity index (χ1v) is 10.4. The van der Waals surface area contributed by atoms with Gasteiger partial charge in [0, 0.05) is 39.0 Å². The Kier molecular flexibility index (Phi) is 7.82. The molecular formula is C24H30FNO4. The van der Waals surface area contributed by atoms with Crippen LogP contribution in [0.2, 0.25) is 0 Å². The molecule has 0 atom stereocenters. The molecule has 2 aromatic carbocycles. The predicted octanol–water partition coefficient (Wildman–Crippen LogP) is 3.99. The summed E-state index contributed by atoms with van der Waals surface area (Å²) >= 11 is 0. The molecular weight excluding hydrogens is 385 g/mol. The van der Waals surface area contributed by atoms with Crippen LogP contribution in [0.3, 0.4) is 0 Å². The van der Waals surface area contributed by atoms with Crippen LogP contribution in [-0.4, -0.2) is 46.5 Å². The summed E-state index contributed by atoms with van der Waals surface area (Å²) in [7, 11) is 3.23. The van der Waals surface area contributed by atoms with Gasteiger partial charge in [-0.3, -0.25) is 4.79 Å². The van der Waals surface area contributed by atoms with Crippen molar-refractivity contribution in [3.8, 4) is 16.9 Å². The van der Waals surface area contributed by atoms with E-state index in [4.69, 9.17) is 14.2 Å². The van der Waals surface area contributed by atoms with Gasteiger partial charge in [0.15, 0.2) is 0 Å². The van der Waals surface area contributed by atoms with Gasteiger partial charge in [0.25, 0.3) is 0 Å². The van der Waals surface area contributed by atoms with E-state index in [0.717, 1.165) is 17.5 Å². The van der Waals surface area contributed by atoms with Crippen LogP contribution in [0, 0.1) is 11.2 Å². The average molecular weight is 416 g/mol. The van der Waals surface area contributed by atoms with E-state index in [1.54, 1.807) is 20.3 Å². The van der Waals surface area contributed by atoms with E-state index in [9.17, 15) is 9.18 Å². The van der Waals surface area contributed by atoms with Crippen LogP contribution < -0.4 is 10.1 Å². The summed E-state index contributed by atoms with van der Waals surface area (Å²) in [6.45, 7) is 2.36. The number of ether oxygens (including phenoxy) is 3. The highest BCUT2D eigenvalue weighted by molar-refractivity contribution is 5.83. The minimum atomic E-state index is -0.504. The normalized spacial score (nSPS) is 15.6. The molecule has 1 fully saturated rings. The van der Waals surface area contributed by atoms with E-state index in [0.29, 0.717) is 56.9 Å². The predicted molar refractivity (Wildman–Crippen MR) is 114 cm³/mol. The van der Waals surface area contributed by atoms with Crippen LogP contribution in [0.15, 0.2) is 42.5 Å². The number of nitrogens with one attached hydrogen (secondary N) is 1. The Morgan fingerprint density at radius 3 is 2.70 bits per heavy atom. The average Bonchev–Trinajstić information content (AvgIpc) is 2.77. The number of benzene rings is 2. The lowest BCUT2D eigenvalue weighted by atomic mass is 9.74. The highest BCUT2D eigenvalue weighted by atomic mass is 19.1. The molecule has 1 heterocycles. The van der Waals surface area contributed by atoms with Crippen LogP contribution in [0.4, 0.5) is 4.39 Å². The number of halogens is 1. The van der Waals surface area contributed by atoms with E-state index in [1.165, 1.54) is 12.1 Å². The minimum absolute atomic E-state index is 0.0654. The number of hydrogen-bond acceptors (Lipinski definition) is 4. The lowest BCUT2D eigenvalue weighted by Gasteiger charge is -2.36. The molecule has 5 nitrogen and oxygen atoms in total. The lowest BCUT2D eigenvalue weighted by molar-refractivity contribution is -0.136. The molecule has 1 N–H and O–H groups in total. The van der Waals surface area contributed by atoms with E-state index in [2.05, 4.69) is 5.32 Å². The highest BCUT2D eigenvalue weighted by Gasteiger charge is 2.39. The SMILES string of the molecule is COCCCNC(=O)C1(Cc2cccc(-c3cc(F)ccc3OC)c2)CCOCC1. The number of hydrogen-bond donors (Lipinski definition) is 1. The number of rotatable bonds is 9. The summed E-state index contributed by atoms with van der Waals surface area (Å²) in [5.41, 5.74) is 2.10. The minimum Gasteiger partial charge on any atom is -0.496 e. The van der Waals surface area contributed by atoms with E-state index < -0.39 is 5.41 Å². The first-order chi connectivity index (χ1) is 14.6. The van der Waals surface area contributed by atoms with Gasteiger partial charge in [0.05, 0.1) is 12.5 Å². The van der Waals surface area contributed by atoms with Gasteiger partial charge in [-0.25, -0.2) is 4.39 Å². The molecule has 162 valence electrons. The van der Waals surface area contributed by atoms with Gasteiger partial charge >= 0.3 is 0 Å². The second kappa shape index (κ2) is 10.5. The fourth-order valence-corrected chi connectivity index (χ4v) is 4.00. The van der Waals surface area contributed by atoms with Gasteiger partial charge < -0.3 is 19.5 Å². The van der Waals surface area contributed by atoms with Gasteiger partial charge in [-0.2, -0.15) is 0 Å². The third kappa shape index (κ3) is 5.37. The maximum Gasteiger partial charge on any atom is 0.226 e. The molecule has 0 saturated carbocycles. The van der Waals surface area contributed by atoms with Gasteiger partial charge in [-0.05, 0) is 55.0 Å². The number of carbonyl (C=O) groups is 1. The Bertz CT molecular complexity index is 849. The summed E-state index contributed by atoms with van der Waals surface area (Å²) in [6.07, 6.45) is 2.74. The zero-order valence-electron chi connectivity index (χ0n) is 17.7. The number of carbonyl (C=O) groups excluding carboxylic acids is 1. The lowest BCUT2D eigenvalue weighted by Crippen LogP contribution is -2.46. The van der Waals surface area contributed by atoms with Gasteiger partial charge in [-0.15, -0.1) is 0 Å². The van der Waals surface area contributed by atoms with Crippen molar-refractivity contribution in [2.75, 3.05) is 40.6 Å². The molecule has 6 heteroatoms. The first kappa shape index (κ1) is 22.2. The summed E-state index contributed by atoms with van der Waals surface area (Å²) < 4.78 is 29.9. The molecule has 1 aliphatic heterocycles. The standard InChI is InChI=1S/C24H30FNO4/c1-28-12-4-11-26-23(27)24(9-13-30-14-10-24)17-18-5-3-6-19(15-18)21-16-20(25)7-8-22(21)29-2/h3,5-8,15-16H,4,9-14,17H2,1-2H3,(H,26,27). The van der Waals surface area contributed by atoms with Crippen LogP contribution >= 0.6 is 0 Å². The van der Waals surface area contributed by atoms with Crippen LogP contribution in [0.5, 0.6) is 5.75 Å². The van der Waals surface area contributed by atoms with Crippen molar-refractivity contribution in [2.45, 2.75) is 25.7 Å². The van der Waals surface area contributed by atoms with Crippen molar-refractivity contribution in [3.05, 3.63) is 53.8 Å². The second-order valence-corrected chi connectivity index (χ2v) is 7.72. The first-order valence-electron chi connectivity index (χ1n) is 10.4. The van der Waals surface area contributed by atoms with Crippen LogP contribution in [0.25, 0.3) is 11.1 Å². The molecule has 0 unspecified atom stereocenters. The molecule has 0 aromatic heterocycles. The molecule has 1 saturated heterocycles. The van der Waals surface area contributed by atoms with Gasteiger partial charge in [0.2, 0.25) is 5.91 Å². The summed E-state index contributed by atoms with van der Waals surface area (Å²) in [5.74, 6) is 0.369. The smallest absolute Gasteiger partial charge is 0.226 e. The molecule has 30 heavy (non-hydrogen) atoms. The Balaban J connectivity index is 1.83. The molecule has 0 spiro atoms. The third-order valence-electron chi connectivity index (χ3n) is 5.68. The van der Waals surface area contributed by atoms with Crippen molar-refractivity contribution in [3.63, 3.8) is 0 Å². The summed E-state index contributed by atoms with van der Waals surface area (Å²) in [4.78, 5) is 13.1. The maximum atomic E-state index is 13.9. The van der Waals surface area contributed by atoms with Crippen molar-refractivity contribution in [2.24, 2.45) is 5.41 Å². The zero-order chi connectivity index (χ0) is 21.4. The Labute approximate surface area is 177 Å². The molecule has 1 amide bonds. The summed E-state index contributed by atoms with van der Waals surface area (Å²) in [5, 5.41) is 3.08. The van der Waals surface area contributed by atoms with Crippen molar-refractivity contribution >= 4 is 5.91 Å². The van der Waals surface area contributed by atoms with Crippen molar-refractivity contribution < 1.29 is 23.4 Å². The Hall–Kier alpha value is -2.44. The van der Waals surface area contributed by atoms with E-state index in [-0.39, 0.29) is 11.7 Å². The highest BCUT2D eigenvalue weighted by Crippen LogP contribution is 2.37. The fourth-order valence-electron chi connectivity index (χ4n) is 4.00. The van der Waals surface area contributed by atoms with Crippen LogP contribution in [-0.2, 0) is 20.7 Å². The number of methoxy groups -OCH3 is 2. The van der Waals surface area contributed by atoms with Crippen LogP contribution in [0.1, 0.15) is 24.8 Å². The maximum absolute atomic E-state index is 13.9. The largest absolute Gasteiger partial charge is 0.496 e. The third-order valence-corrected chi connectivity index (χ3v) is 5.68. The quantitative estimate of drug-likeness (QED) is 0.629. The second-order valence-electron chi connectivity index (χ2n) is 7.72. The molecule has 1 aliphatic rings. The Morgan fingerprint density at radius 2 is 1.97 bits per heavy atom. The zero-order valence-corrected chi connectivity index (χ0v) is 17.7. The van der Waals surface area contributed by atoms with E-state index >= 15 is 0 Å².